The zero-order valence-corrected chi connectivity index (χ0v) is 15.0. The highest BCUT2D eigenvalue weighted by atomic mass is 16.1. The average molecular weight is 345 g/mol. The standard InChI is InChI=1S/C22H23N3O/c1-17(19-7-3-2-4-8-19)24-22(26)20(16-23)15-18-9-11-21(12-10-18)25-13-5-6-14-25/h2-4,7-12,15,17H,5-6,13-14H2,1H3,(H,24,26)/b20-15-/t17-/m1/s1. The first-order chi connectivity index (χ1) is 12.7. The fraction of sp³-hybridized carbons (Fsp3) is 0.273. The molecule has 2 aromatic rings. The van der Waals surface area contributed by atoms with Gasteiger partial charge in [0, 0.05) is 18.8 Å². The third-order valence-corrected chi connectivity index (χ3v) is 4.69. The van der Waals surface area contributed by atoms with Crippen LogP contribution in [0.1, 0.15) is 36.9 Å². The lowest BCUT2D eigenvalue weighted by molar-refractivity contribution is -0.117. The van der Waals surface area contributed by atoms with E-state index in [1.165, 1.54) is 18.5 Å². The first-order valence-corrected chi connectivity index (χ1v) is 9.00. The van der Waals surface area contributed by atoms with Gasteiger partial charge < -0.3 is 10.2 Å². The van der Waals surface area contributed by atoms with Gasteiger partial charge in [0.05, 0.1) is 6.04 Å². The minimum atomic E-state index is -0.354. The lowest BCUT2D eigenvalue weighted by atomic mass is 10.1. The Morgan fingerprint density at radius 1 is 1.12 bits per heavy atom. The molecule has 4 heteroatoms. The van der Waals surface area contributed by atoms with E-state index in [0.29, 0.717) is 0 Å². The summed E-state index contributed by atoms with van der Waals surface area (Å²) in [6, 6.07) is 19.6. The fourth-order valence-corrected chi connectivity index (χ4v) is 3.17. The summed E-state index contributed by atoms with van der Waals surface area (Å²) in [7, 11) is 0. The number of nitrogens with one attached hydrogen (secondary N) is 1. The molecule has 0 aliphatic carbocycles. The molecule has 0 saturated carbocycles. The maximum Gasteiger partial charge on any atom is 0.262 e. The lowest BCUT2D eigenvalue weighted by Gasteiger charge is -2.17. The van der Waals surface area contributed by atoms with Crippen LogP contribution >= 0.6 is 0 Å². The second-order valence-corrected chi connectivity index (χ2v) is 6.56. The number of carbonyl (C=O) groups excluding carboxylic acids is 1. The summed E-state index contributed by atoms with van der Waals surface area (Å²) in [5.41, 5.74) is 3.17. The van der Waals surface area contributed by atoms with E-state index in [-0.39, 0.29) is 17.5 Å². The van der Waals surface area contributed by atoms with Gasteiger partial charge in [-0.1, -0.05) is 42.5 Å². The molecule has 1 aliphatic heterocycles. The van der Waals surface area contributed by atoms with Gasteiger partial charge in [0.15, 0.2) is 0 Å². The van der Waals surface area contributed by atoms with Crippen molar-refractivity contribution < 1.29 is 4.79 Å². The zero-order chi connectivity index (χ0) is 18.4. The highest BCUT2D eigenvalue weighted by molar-refractivity contribution is 6.01. The third kappa shape index (κ3) is 4.31. The summed E-state index contributed by atoms with van der Waals surface area (Å²) in [6.45, 7) is 4.10. The largest absolute Gasteiger partial charge is 0.372 e. The number of rotatable bonds is 5. The van der Waals surface area contributed by atoms with Crippen molar-refractivity contribution in [1.82, 2.24) is 5.32 Å². The van der Waals surface area contributed by atoms with Gasteiger partial charge in [-0.3, -0.25) is 4.79 Å². The van der Waals surface area contributed by atoms with E-state index < -0.39 is 0 Å². The van der Waals surface area contributed by atoms with E-state index in [1.807, 2.05) is 55.5 Å². The number of hydrogen-bond donors (Lipinski definition) is 1. The van der Waals surface area contributed by atoms with Crippen molar-refractivity contribution in [2.45, 2.75) is 25.8 Å². The van der Waals surface area contributed by atoms with E-state index in [2.05, 4.69) is 22.3 Å². The maximum atomic E-state index is 12.4. The van der Waals surface area contributed by atoms with Crippen molar-refractivity contribution in [2.24, 2.45) is 0 Å². The van der Waals surface area contributed by atoms with Crippen LogP contribution in [-0.2, 0) is 4.79 Å². The van der Waals surface area contributed by atoms with E-state index in [9.17, 15) is 10.1 Å². The number of hydrogen-bond acceptors (Lipinski definition) is 3. The van der Waals surface area contributed by atoms with Crippen LogP contribution in [0.25, 0.3) is 6.08 Å². The third-order valence-electron chi connectivity index (χ3n) is 4.69. The van der Waals surface area contributed by atoms with Gasteiger partial charge >= 0.3 is 0 Å². The van der Waals surface area contributed by atoms with Crippen molar-refractivity contribution in [3.8, 4) is 6.07 Å². The molecule has 1 saturated heterocycles. The van der Waals surface area contributed by atoms with Crippen molar-refractivity contribution in [3.05, 3.63) is 71.3 Å². The molecule has 1 amide bonds. The number of amides is 1. The summed E-state index contributed by atoms with van der Waals surface area (Å²) in [6.07, 6.45) is 4.11. The van der Waals surface area contributed by atoms with Crippen LogP contribution in [0.15, 0.2) is 60.2 Å². The Kier molecular flexibility index (Phi) is 5.70. The van der Waals surface area contributed by atoms with Gasteiger partial charge in [-0.25, -0.2) is 0 Å². The minimum Gasteiger partial charge on any atom is -0.372 e. The predicted molar refractivity (Wildman–Crippen MR) is 104 cm³/mol. The summed E-state index contributed by atoms with van der Waals surface area (Å²) in [5, 5.41) is 12.3. The molecule has 1 fully saturated rings. The fourth-order valence-electron chi connectivity index (χ4n) is 3.17. The van der Waals surface area contributed by atoms with Gasteiger partial charge in [0.1, 0.15) is 11.6 Å². The summed E-state index contributed by atoms with van der Waals surface area (Å²) < 4.78 is 0. The first-order valence-electron chi connectivity index (χ1n) is 9.00. The van der Waals surface area contributed by atoms with E-state index in [4.69, 9.17) is 0 Å². The lowest BCUT2D eigenvalue weighted by Crippen LogP contribution is -2.27. The summed E-state index contributed by atoms with van der Waals surface area (Å²) in [4.78, 5) is 14.8. The molecular weight excluding hydrogens is 322 g/mol. The highest BCUT2D eigenvalue weighted by Crippen LogP contribution is 2.21. The summed E-state index contributed by atoms with van der Waals surface area (Å²) in [5.74, 6) is -0.354. The number of nitriles is 1. The maximum absolute atomic E-state index is 12.4. The van der Waals surface area contributed by atoms with Crippen molar-refractivity contribution >= 4 is 17.7 Å². The van der Waals surface area contributed by atoms with Crippen LogP contribution in [0.5, 0.6) is 0 Å². The smallest absolute Gasteiger partial charge is 0.262 e. The average Bonchev–Trinajstić information content (AvgIpc) is 3.22. The monoisotopic (exact) mass is 345 g/mol. The Labute approximate surface area is 154 Å². The molecule has 3 rings (SSSR count). The Morgan fingerprint density at radius 2 is 1.77 bits per heavy atom. The molecule has 1 atom stereocenters. The zero-order valence-electron chi connectivity index (χ0n) is 15.0. The van der Waals surface area contributed by atoms with E-state index in [1.54, 1.807) is 6.08 Å². The van der Waals surface area contributed by atoms with Crippen molar-refractivity contribution in [1.29, 1.82) is 5.26 Å². The van der Waals surface area contributed by atoms with Gasteiger partial charge in [-0.05, 0) is 49.1 Å². The van der Waals surface area contributed by atoms with Gasteiger partial charge in [-0.15, -0.1) is 0 Å². The molecule has 0 radical (unpaired) electrons. The molecular formula is C22H23N3O. The van der Waals surface area contributed by atoms with Crippen molar-refractivity contribution in [2.75, 3.05) is 18.0 Å². The molecule has 26 heavy (non-hydrogen) atoms. The number of benzene rings is 2. The Balaban J connectivity index is 1.69. The molecule has 1 heterocycles. The van der Waals surface area contributed by atoms with Crippen LogP contribution in [0, 0.1) is 11.3 Å². The first kappa shape index (κ1) is 17.8. The van der Waals surface area contributed by atoms with Crippen LogP contribution in [0.3, 0.4) is 0 Å². The SMILES string of the molecule is C[C@@H](NC(=O)/C(C#N)=C\c1ccc(N2CCCC2)cc1)c1ccccc1. The molecule has 0 bridgehead atoms. The number of carbonyl (C=O) groups is 1. The summed E-state index contributed by atoms with van der Waals surface area (Å²) >= 11 is 0. The Hall–Kier alpha value is -3.06. The highest BCUT2D eigenvalue weighted by Gasteiger charge is 2.14. The molecule has 0 spiro atoms. The predicted octanol–water partition coefficient (Wildman–Crippen LogP) is 4.07. The van der Waals surface area contributed by atoms with Crippen LogP contribution < -0.4 is 10.2 Å². The number of anilines is 1. The molecule has 2 aromatic carbocycles. The van der Waals surface area contributed by atoms with Gasteiger partial charge in [0.25, 0.3) is 5.91 Å². The minimum absolute atomic E-state index is 0.113. The molecule has 1 N–H and O–H groups in total. The second kappa shape index (κ2) is 8.35. The molecule has 132 valence electrons. The normalized spacial score (nSPS) is 15.4. The van der Waals surface area contributed by atoms with Crippen LogP contribution in [0.2, 0.25) is 0 Å². The number of nitrogens with zero attached hydrogens (tertiary/aromatic N) is 2. The molecule has 0 aromatic heterocycles. The quantitative estimate of drug-likeness (QED) is 0.656. The van der Waals surface area contributed by atoms with Gasteiger partial charge in [0.2, 0.25) is 0 Å². The topological polar surface area (TPSA) is 56.1 Å². The van der Waals surface area contributed by atoms with Crippen LogP contribution in [0.4, 0.5) is 5.69 Å². The van der Waals surface area contributed by atoms with Gasteiger partial charge in [-0.2, -0.15) is 5.26 Å². The Bertz CT molecular complexity index is 813. The van der Waals surface area contributed by atoms with Crippen molar-refractivity contribution in [3.63, 3.8) is 0 Å². The Morgan fingerprint density at radius 3 is 2.38 bits per heavy atom. The molecule has 4 nitrogen and oxygen atoms in total. The molecule has 1 aliphatic rings. The van der Waals surface area contributed by atoms with E-state index in [0.717, 1.165) is 24.2 Å². The molecule has 0 unspecified atom stereocenters. The second-order valence-electron chi connectivity index (χ2n) is 6.56. The van der Waals surface area contributed by atoms with Crippen LogP contribution in [-0.4, -0.2) is 19.0 Å². The van der Waals surface area contributed by atoms with E-state index >= 15 is 0 Å².